The van der Waals surface area contributed by atoms with E-state index in [1.54, 1.807) is 0 Å². The van der Waals surface area contributed by atoms with Gasteiger partial charge in [-0.1, -0.05) is 389 Å². The number of carbonyl (C=O) groups is 4. The molecule has 6 atom stereocenters. The number of esters is 4. The quantitative estimate of drug-likeness (QED) is 0.0222. The third kappa shape index (κ3) is 76.6. The van der Waals surface area contributed by atoms with Gasteiger partial charge in [-0.15, -0.1) is 0 Å². The molecule has 3 unspecified atom stereocenters. The number of aliphatic hydroxyl groups excluding tert-OH is 1. The van der Waals surface area contributed by atoms with Crippen LogP contribution in [0.3, 0.4) is 0 Å². The fraction of sp³-hybridized carbons (Fsp3) is 0.952. The molecule has 0 aliphatic heterocycles. The number of unbranched alkanes of at least 4 members (excludes halogenated alkanes) is 49. The van der Waals surface area contributed by atoms with Crippen molar-refractivity contribution in [3.63, 3.8) is 0 Å². The van der Waals surface area contributed by atoms with E-state index < -0.39 is 97.5 Å². The van der Waals surface area contributed by atoms with Crippen LogP contribution in [0.1, 0.15) is 440 Å². The fourth-order valence-electron chi connectivity index (χ4n) is 13.0. The van der Waals surface area contributed by atoms with Crippen molar-refractivity contribution in [1.29, 1.82) is 0 Å². The molecule has 0 saturated carbocycles. The first-order chi connectivity index (χ1) is 49.8. The molecule has 0 saturated heterocycles. The lowest BCUT2D eigenvalue weighted by atomic mass is 9.99. The number of ether oxygens (including phenoxy) is 4. The first-order valence-electron chi connectivity index (χ1n) is 43.4. The normalized spacial score (nSPS) is 14.2. The molecule has 0 spiro atoms. The van der Waals surface area contributed by atoms with E-state index in [1.165, 1.54) is 250 Å². The van der Waals surface area contributed by atoms with Gasteiger partial charge in [-0.05, 0) is 43.4 Å². The van der Waals surface area contributed by atoms with Gasteiger partial charge in [-0.3, -0.25) is 37.3 Å². The zero-order valence-electron chi connectivity index (χ0n) is 67.8. The van der Waals surface area contributed by atoms with Crippen LogP contribution in [0.25, 0.3) is 0 Å². The Kier molecular flexibility index (Phi) is 72.8. The molecule has 3 N–H and O–H groups in total. The number of rotatable bonds is 82. The topological polar surface area (TPSA) is 237 Å². The summed E-state index contributed by atoms with van der Waals surface area (Å²) >= 11 is 0. The second-order valence-corrected chi connectivity index (χ2v) is 34.3. The van der Waals surface area contributed by atoms with Crippen molar-refractivity contribution in [1.82, 2.24) is 0 Å². The molecule has 0 aromatic carbocycles. The molecule has 19 heteroatoms. The van der Waals surface area contributed by atoms with Crippen molar-refractivity contribution in [2.75, 3.05) is 39.6 Å². The zero-order valence-corrected chi connectivity index (χ0v) is 69.6. The molecule has 0 bridgehead atoms. The third-order valence-corrected chi connectivity index (χ3v) is 21.9. The molecule has 0 aliphatic rings. The summed E-state index contributed by atoms with van der Waals surface area (Å²) in [6, 6.07) is 0. The average molecular weight is 1510 g/mol. The minimum atomic E-state index is -4.96. The Morgan fingerprint density at radius 1 is 0.282 bits per heavy atom. The molecule has 0 amide bonds. The minimum absolute atomic E-state index is 0.107. The number of phosphoric ester groups is 2. The maximum absolute atomic E-state index is 13.1. The molecule has 17 nitrogen and oxygen atoms in total. The monoisotopic (exact) mass is 1510 g/mol. The van der Waals surface area contributed by atoms with Gasteiger partial charge in [0, 0.05) is 25.7 Å². The summed E-state index contributed by atoms with van der Waals surface area (Å²) in [6.45, 7) is 12.0. The molecule has 0 heterocycles. The highest BCUT2D eigenvalue weighted by atomic mass is 31.2. The minimum Gasteiger partial charge on any atom is -0.462 e. The van der Waals surface area contributed by atoms with Gasteiger partial charge in [0.2, 0.25) is 0 Å². The third-order valence-electron chi connectivity index (χ3n) is 20.0. The van der Waals surface area contributed by atoms with E-state index in [9.17, 15) is 43.2 Å². The molecule has 0 aromatic rings. The van der Waals surface area contributed by atoms with Crippen LogP contribution in [0.5, 0.6) is 0 Å². The van der Waals surface area contributed by atoms with Crippen molar-refractivity contribution < 1.29 is 80.2 Å². The van der Waals surface area contributed by atoms with Gasteiger partial charge in [-0.2, -0.15) is 0 Å². The molecule has 0 aromatic heterocycles. The van der Waals surface area contributed by atoms with E-state index in [-0.39, 0.29) is 25.7 Å². The Morgan fingerprint density at radius 3 is 0.738 bits per heavy atom. The summed E-state index contributed by atoms with van der Waals surface area (Å²) < 4.78 is 68.9. The van der Waals surface area contributed by atoms with E-state index in [4.69, 9.17) is 37.0 Å². The van der Waals surface area contributed by atoms with Crippen LogP contribution in [0.15, 0.2) is 0 Å². The van der Waals surface area contributed by atoms with Gasteiger partial charge >= 0.3 is 39.5 Å². The number of carbonyl (C=O) groups excluding carboxylic acids is 4. The van der Waals surface area contributed by atoms with E-state index >= 15 is 0 Å². The second-order valence-electron chi connectivity index (χ2n) is 31.4. The van der Waals surface area contributed by atoms with Crippen LogP contribution in [0.2, 0.25) is 0 Å². The van der Waals surface area contributed by atoms with E-state index in [0.29, 0.717) is 25.7 Å². The summed E-state index contributed by atoms with van der Waals surface area (Å²) in [4.78, 5) is 73.2. The summed E-state index contributed by atoms with van der Waals surface area (Å²) in [5.74, 6) is 0.249. The largest absolute Gasteiger partial charge is 0.472 e. The predicted octanol–water partition coefficient (Wildman–Crippen LogP) is 25.3. The highest BCUT2D eigenvalue weighted by Gasteiger charge is 2.30. The SMILES string of the molecule is CCCCCCCCCCCCCCCCCCCCCC(=O)O[C@H](COC(=O)CCCCCCCCCCCCCCCC(C)C)COP(=O)(O)OC[C@@H](O)COP(=O)(O)OC[C@@H](COC(=O)CCCCCCCCCCC(C)CC)OC(=O)CCCCCCCCCCCCCCCC(C)C. The first-order valence-corrected chi connectivity index (χ1v) is 46.4. The summed E-state index contributed by atoms with van der Waals surface area (Å²) in [5.41, 5.74) is 0. The Morgan fingerprint density at radius 2 is 0.495 bits per heavy atom. The van der Waals surface area contributed by atoms with Crippen LogP contribution < -0.4 is 0 Å². The lowest BCUT2D eigenvalue weighted by Crippen LogP contribution is -2.30. The molecule has 0 aliphatic carbocycles. The Labute approximate surface area is 632 Å². The predicted molar refractivity (Wildman–Crippen MR) is 423 cm³/mol. The Hall–Kier alpha value is -1.94. The number of aliphatic hydroxyl groups is 1. The number of phosphoric acid groups is 2. The molecule has 0 radical (unpaired) electrons. The van der Waals surface area contributed by atoms with Gasteiger partial charge < -0.3 is 33.8 Å². The molecule has 0 rings (SSSR count). The van der Waals surface area contributed by atoms with E-state index in [0.717, 1.165) is 108 Å². The molecule has 612 valence electrons. The Bertz CT molecular complexity index is 1990. The molecule has 0 fully saturated rings. The van der Waals surface area contributed by atoms with Crippen molar-refractivity contribution in [2.24, 2.45) is 17.8 Å². The average Bonchev–Trinajstić information content (AvgIpc) is 0.918. The maximum Gasteiger partial charge on any atom is 0.472 e. The van der Waals surface area contributed by atoms with E-state index in [1.807, 2.05) is 0 Å². The van der Waals surface area contributed by atoms with Gasteiger partial charge in [0.15, 0.2) is 12.2 Å². The smallest absolute Gasteiger partial charge is 0.462 e. The van der Waals surface area contributed by atoms with E-state index in [2.05, 4.69) is 48.5 Å². The van der Waals surface area contributed by atoms with Crippen molar-refractivity contribution in [2.45, 2.75) is 458 Å². The van der Waals surface area contributed by atoms with Gasteiger partial charge in [0.25, 0.3) is 0 Å². The Balaban J connectivity index is 5.27. The van der Waals surface area contributed by atoms with Crippen LogP contribution in [-0.4, -0.2) is 96.7 Å². The highest BCUT2D eigenvalue weighted by molar-refractivity contribution is 7.47. The van der Waals surface area contributed by atoms with Crippen LogP contribution >= 0.6 is 15.6 Å². The number of hydrogen-bond acceptors (Lipinski definition) is 15. The first kappa shape index (κ1) is 101. The summed E-state index contributed by atoms with van der Waals surface area (Å²) in [6.07, 6.45) is 63.7. The van der Waals surface area contributed by atoms with Crippen LogP contribution in [0, 0.1) is 17.8 Å². The highest BCUT2D eigenvalue weighted by Crippen LogP contribution is 2.45. The molecular weight excluding hydrogens is 1340 g/mol. The van der Waals surface area contributed by atoms with Gasteiger partial charge in [0.1, 0.15) is 19.3 Å². The summed E-state index contributed by atoms with van der Waals surface area (Å²) in [5, 5.41) is 10.7. The second kappa shape index (κ2) is 74.2. The van der Waals surface area contributed by atoms with Gasteiger partial charge in [0.05, 0.1) is 26.4 Å². The van der Waals surface area contributed by atoms with Crippen molar-refractivity contribution in [3.8, 4) is 0 Å². The standard InChI is InChI=1S/C84H164O17P2/c1-8-10-11-12-13-14-15-16-17-18-19-20-21-26-32-37-46-53-60-67-83(88)100-79(71-94-81(86)65-58-51-44-36-31-27-22-24-29-34-41-48-55-62-75(3)4)73-98-102(90,91)96-69-78(85)70-97-103(92,93)99-74-80(72-95-82(87)66-59-52-45-40-39-43-50-57-64-77(7)9-2)101-84(89)68-61-54-47-38-33-28-23-25-30-35-42-49-56-63-76(5)6/h75-80,85H,8-74H2,1-7H3,(H,90,91)(H,92,93)/t77?,78-,79-,80-/m1/s1. The van der Waals surface area contributed by atoms with Crippen molar-refractivity contribution >= 4 is 39.5 Å². The van der Waals surface area contributed by atoms with Crippen LogP contribution in [-0.2, 0) is 65.4 Å². The fourth-order valence-corrected chi connectivity index (χ4v) is 14.6. The lowest BCUT2D eigenvalue weighted by Gasteiger charge is -2.21. The number of hydrogen-bond donors (Lipinski definition) is 3. The lowest BCUT2D eigenvalue weighted by molar-refractivity contribution is -0.161. The maximum atomic E-state index is 13.1. The zero-order chi connectivity index (χ0) is 75.8. The molecule has 103 heavy (non-hydrogen) atoms. The van der Waals surface area contributed by atoms with Gasteiger partial charge in [-0.25, -0.2) is 9.13 Å². The van der Waals surface area contributed by atoms with Crippen molar-refractivity contribution in [3.05, 3.63) is 0 Å². The molecular formula is C84H164O17P2. The summed E-state index contributed by atoms with van der Waals surface area (Å²) in [7, 11) is -9.93. The van der Waals surface area contributed by atoms with Crippen LogP contribution in [0.4, 0.5) is 0 Å².